The fourth-order valence-corrected chi connectivity index (χ4v) is 4.13. The van der Waals surface area contributed by atoms with E-state index in [4.69, 9.17) is 43.0 Å². The largest absolute Gasteiger partial charge is 0.481 e. The maximum Gasteiger partial charge on any atom is 0.305 e. The Labute approximate surface area is 227 Å². The third kappa shape index (κ3) is 26.4. The number of carboxylic acids is 1. The molecule has 214 valence electrons. The first kappa shape index (κ1) is 34.0. The van der Waals surface area contributed by atoms with E-state index in [-0.39, 0.29) is 13.0 Å². The summed E-state index contributed by atoms with van der Waals surface area (Å²) in [4.78, 5) is 14.6. The molecule has 0 aliphatic rings. The van der Waals surface area contributed by atoms with Crippen molar-refractivity contribution in [3.8, 4) is 0 Å². The Morgan fingerprint density at radius 1 is 0.622 bits per heavy atom. The number of ether oxygens (including phenoxy) is 8. The Morgan fingerprint density at radius 2 is 1.03 bits per heavy atom. The van der Waals surface area contributed by atoms with Gasteiger partial charge in [0.1, 0.15) is 5.03 Å². The van der Waals surface area contributed by atoms with Gasteiger partial charge >= 0.3 is 5.97 Å². The highest BCUT2D eigenvalue weighted by Crippen LogP contribution is 2.28. The number of carbonyl (C=O) groups is 1. The Morgan fingerprint density at radius 3 is 1.41 bits per heavy atom. The van der Waals surface area contributed by atoms with Crippen molar-refractivity contribution in [1.82, 2.24) is 4.98 Å². The highest BCUT2D eigenvalue weighted by atomic mass is 33.1. The molecule has 0 spiro atoms. The standard InChI is InChI=1S/C24H41NO10S2/c26-24(27)4-6-28-7-8-29-9-10-30-11-12-31-13-14-32-15-16-33-17-18-34-19-20-35-21-22-36-37-23-3-1-2-5-25-23/h1-3,5H,4,6-22H2,(H,26,27). The molecule has 0 fully saturated rings. The normalized spacial score (nSPS) is 11.2. The quantitative estimate of drug-likeness (QED) is 0.113. The second-order valence-electron chi connectivity index (χ2n) is 7.12. The Balaban J connectivity index is 1.63. The van der Waals surface area contributed by atoms with Crippen LogP contribution >= 0.6 is 21.6 Å². The number of hydrogen-bond acceptors (Lipinski definition) is 12. The van der Waals surface area contributed by atoms with E-state index in [9.17, 15) is 4.79 Å². The molecule has 0 bridgehead atoms. The molecule has 13 heteroatoms. The van der Waals surface area contributed by atoms with Gasteiger partial charge in [-0.25, -0.2) is 4.98 Å². The summed E-state index contributed by atoms with van der Waals surface area (Å²) in [5, 5.41) is 9.47. The average molecular weight is 568 g/mol. The summed E-state index contributed by atoms with van der Waals surface area (Å²) in [7, 11) is 3.38. The molecule has 0 saturated heterocycles. The summed E-state index contributed by atoms with van der Waals surface area (Å²) in [6.07, 6.45) is 1.79. The van der Waals surface area contributed by atoms with Gasteiger partial charge < -0.3 is 43.0 Å². The zero-order chi connectivity index (χ0) is 26.5. The van der Waals surface area contributed by atoms with Crippen LogP contribution in [0.25, 0.3) is 0 Å². The maximum atomic E-state index is 10.3. The molecule has 1 N–H and O–H groups in total. The molecule has 0 unspecified atom stereocenters. The van der Waals surface area contributed by atoms with Gasteiger partial charge in [-0.15, -0.1) is 0 Å². The van der Waals surface area contributed by atoms with Crippen molar-refractivity contribution < 1.29 is 47.8 Å². The predicted octanol–water partition coefficient (Wildman–Crippen LogP) is 2.43. The second kappa shape index (κ2) is 28.0. The predicted molar refractivity (Wildman–Crippen MR) is 141 cm³/mol. The first-order valence-corrected chi connectivity index (χ1v) is 14.6. The minimum absolute atomic E-state index is 0.00296. The molecule has 1 heterocycles. The van der Waals surface area contributed by atoms with Crippen molar-refractivity contribution in [3.63, 3.8) is 0 Å². The van der Waals surface area contributed by atoms with Crippen molar-refractivity contribution in [2.24, 2.45) is 0 Å². The molecular formula is C24H41NO10S2. The molecule has 0 saturated carbocycles. The number of hydrogen-bond donors (Lipinski definition) is 1. The number of aromatic nitrogens is 1. The van der Waals surface area contributed by atoms with Crippen LogP contribution in [0, 0.1) is 0 Å². The van der Waals surface area contributed by atoms with E-state index in [0.717, 1.165) is 10.8 Å². The van der Waals surface area contributed by atoms with Crippen LogP contribution in [0.1, 0.15) is 6.42 Å². The summed E-state index contributed by atoms with van der Waals surface area (Å²) in [6.45, 7) is 7.76. The number of carboxylic acid groups (broad SMARTS) is 1. The molecule has 0 amide bonds. The van der Waals surface area contributed by atoms with Crippen LogP contribution in [-0.4, -0.2) is 128 Å². The van der Waals surface area contributed by atoms with Crippen LogP contribution in [0.2, 0.25) is 0 Å². The molecule has 0 aliphatic carbocycles. The fraction of sp³-hybridized carbons (Fsp3) is 0.750. The average Bonchev–Trinajstić information content (AvgIpc) is 2.90. The van der Waals surface area contributed by atoms with Gasteiger partial charge in [-0.05, 0) is 22.9 Å². The van der Waals surface area contributed by atoms with Crippen LogP contribution in [0.4, 0.5) is 0 Å². The smallest absolute Gasteiger partial charge is 0.305 e. The van der Waals surface area contributed by atoms with E-state index in [1.165, 1.54) is 0 Å². The lowest BCUT2D eigenvalue weighted by Gasteiger charge is -2.08. The lowest BCUT2D eigenvalue weighted by atomic mass is 10.5. The van der Waals surface area contributed by atoms with Crippen molar-refractivity contribution in [1.29, 1.82) is 0 Å². The van der Waals surface area contributed by atoms with Crippen LogP contribution in [0.3, 0.4) is 0 Å². The summed E-state index contributed by atoms with van der Waals surface area (Å²) >= 11 is 0. The molecular weight excluding hydrogens is 526 g/mol. The molecule has 0 atom stereocenters. The van der Waals surface area contributed by atoms with Crippen LogP contribution in [-0.2, 0) is 42.7 Å². The third-order valence-corrected chi connectivity index (χ3v) is 6.39. The summed E-state index contributed by atoms with van der Waals surface area (Å²) in [5.41, 5.74) is 0. The highest BCUT2D eigenvalue weighted by molar-refractivity contribution is 8.76. The molecule has 1 aromatic rings. The number of pyridine rings is 1. The zero-order valence-corrected chi connectivity index (χ0v) is 23.1. The van der Waals surface area contributed by atoms with E-state index in [2.05, 4.69) is 4.98 Å². The Kier molecular flexibility index (Phi) is 25.8. The number of rotatable bonds is 29. The van der Waals surface area contributed by atoms with Crippen LogP contribution < -0.4 is 0 Å². The van der Waals surface area contributed by atoms with Gasteiger partial charge in [0.15, 0.2) is 0 Å². The lowest BCUT2D eigenvalue weighted by molar-refractivity contribution is -0.138. The van der Waals surface area contributed by atoms with Crippen molar-refractivity contribution >= 4 is 27.6 Å². The zero-order valence-electron chi connectivity index (χ0n) is 21.4. The molecule has 11 nitrogen and oxygen atoms in total. The first-order valence-electron chi connectivity index (χ1n) is 12.3. The molecule has 1 aromatic heterocycles. The van der Waals surface area contributed by atoms with Gasteiger partial charge in [-0.3, -0.25) is 4.79 Å². The van der Waals surface area contributed by atoms with Crippen molar-refractivity contribution in [2.45, 2.75) is 11.4 Å². The van der Waals surface area contributed by atoms with Gasteiger partial charge in [0.2, 0.25) is 0 Å². The molecule has 37 heavy (non-hydrogen) atoms. The van der Waals surface area contributed by atoms with Gasteiger partial charge in [0, 0.05) is 11.9 Å². The Hall–Kier alpha value is -1.00. The van der Waals surface area contributed by atoms with Gasteiger partial charge in [-0.2, -0.15) is 0 Å². The minimum Gasteiger partial charge on any atom is -0.481 e. The van der Waals surface area contributed by atoms with Crippen molar-refractivity contribution in [2.75, 3.05) is 111 Å². The highest BCUT2D eigenvalue weighted by Gasteiger charge is 1.98. The topological polar surface area (TPSA) is 124 Å². The van der Waals surface area contributed by atoms with Crippen molar-refractivity contribution in [3.05, 3.63) is 24.4 Å². The Bertz CT molecular complexity index is 618. The van der Waals surface area contributed by atoms with Crippen LogP contribution in [0.5, 0.6) is 0 Å². The van der Waals surface area contributed by atoms with E-state index < -0.39 is 5.97 Å². The van der Waals surface area contributed by atoms with E-state index in [0.29, 0.717) is 99.1 Å². The van der Waals surface area contributed by atoms with E-state index >= 15 is 0 Å². The first-order chi connectivity index (χ1) is 18.3. The number of nitrogens with zero attached hydrogens (tertiary/aromatic N) is 1. The van der Waals surface area contributed by atoms with Crippen LogP contribution in [0.15, 0.2) is 29.4 Å². The van der Waals surface area contributed by atoms with Gasteiger partial charge in [0.25, 0.3) is 0 Å². The fourth-order valence-electron chi connectivity index (χ4n) is 2.39. The molecule has 1 rings (SSSR count). The SMILES string of the molecule is O=C(O)CCOCCOCCOCCOCCOCCOCCOCCOCCSSc1ccccn1. The minimum atomic E-state index is -0.870. The second-order valence-corrected chi connectivity index (χ2v) is 9.55. The van der Waals surface area contributed by atoms with Gasteiger partial charge in [-0.1, -0.05) is 16.9 Å². The summed E-state index contributed by atoms with van der Waals surface area (Å²) in [5.74, 6) is 0.0288. The molecule has 0 aromatic carbocycles. The maximum absolute atomic E-state index is 10.3. The number of aliphatic carboxylic acids is 1. The lowest BCUT2D eigenvalue weighted by Crippen LogP contribution is -2.15. The monoisotopic (exact) mass is 567 g/mol. The third-order valence-electron chi connectivity index (χ3n) is 4.16. The summed E-state index contributed by atoms with van der Waals surface area (Å²) in [6, 6.07) is 5.88. The van der Waals surface area contributed by atoms with E-state index in [1.54, 1.807) is 27.8 Å². The summed E-state index contributed by atoms with van der Waals surface area (Å²) < 4.78 is 43.1. The van der Waals surface area contributed by atoms with Gasteiger partial charge in [0.05, 0.1) is 112 Å². The molecule has 0 aliphatic heterocycles. The van der Waals surface area contributed by atoms with E-state index in [1.807, 2.05) is 18.2 Å². The molecule has 0 radical (unpaired) electrons.